The minimum absolute atomic E-state index is 0.107. The number of hydrogen-bond donors (Lipinski definition) is 2. The van der Waals surface area contributed by atoms with Crippen LogP contribution in [0.15, 0.2) is 36.5 Å². The van der Waals surface area contributed by atoms with E-state index in [0.29, 0.717) is 18.0 Å². The Kier molecular flexibility index (Phi) is 4.47. The number of nitrogens with zero attached hydrogens (tertiary/aromatic N) is 3. The van der Waals surface area contributed by atoms with Crippen LogP contribution in [0, 0.1) is 0 Å². The number of aromatic nitrogens is 4. The van der Waals surface area contributed by atoms with Crippen molar-refractivity contribution in [2.75, 3.05) is 0 Å². The molecule has 3 aromatic rings. The van der Waals surface area contributed by atoms with Gasteiger partial charge < -0.3 is 5.32 Å². The molecule has 0 radical (unpaired) electrons. The Labute approximate surface area is 138 Å². The monoisotopic (exact) mass is 327 g/mol. The van der Waals surface area contributed by atoms with E-state index >= 15 is 0 Å². The van der Waals surface area contributed by atoms with Crippen molar-refractivity contribution in [1.29, 1.82) is 0 Å². The van der Waals surface area contributed by atoms with E-state index in [9.17, 15) is 4.79 Å². The Morgan fingerprint density at radius 2 is 2.04 bits per heavy atom. The number of carbonyl (C=O) groups excluding carboxylic acids is 1. The molecule has 0 spiro atoms. The first-order valence-corrected chi connectivity index (χ1v) is 8.11. The van der Waals surface area contributed by atoms with Crippen LogP contribution >= 0.6 is 11.5 Å². The molecule has 0 aliphatic carbocycles. The van der Waals surface area contributed by atoms with Gasteiger partial charge in [-0.3, -0.25) is 9.89 Å². The molecule has 0 atom stereocenters. The van der Waals surface area contributed by atoms with Crippen molar-refractivity contribution in [3.63, 3.8) is 0 Å². The molecule has 2 heterocycles. The average molecular weight is 327 g/mol. The van der Waals surface area contributed by atoms with Crippen molar-refractivity contribution in [2.45, 2.75) is 26.3 Å². The highest BCUT2D eigenvalue weighted by Gasteiger charge is 2.13. The average Bonchev–Trinajstić information content (AvgIpc) is 3.24. The van der Waals surface area contributed by atoms with Crippen molar-refractivity contribution < 1.29 is 4.79 Å². The SMILES string of the molecule is CC(C)c1nnsc1CNC(=O)c1ccc(-c2ccn[nH]2)cc1. The van der Waals surface area contributed by atoms with Gasteiger partial charge in [-0.1, -0.05) is 30.5 Å². The molecule has 0 fully saturated rings. The predicted octanol–water partition coefficient (Wildman–Crippen LogP) is 2.98. The first kappa shape index (κ1) is 15.4. The minimum atomic E-state index is -0.107. The maximum absolute atomic E-state index is 12.3. The fourth-order valence-electron chi connectivity index (χ4n) is 2.26. The van der Waals surface area contributed by atoms with Gasteiger partial charge in [-0.25, -0.2) is 0 Å². The Morgan fingerprint density at radius 1 is 1.26 bits per heavy atom. The Balaban J connectivity index is 1.65. The third-order valence-corrected chi connectivity index (χ3v) is 4.24. The van der Waals surface area contributed by atoms with E-state index in [4.69, 9.17) is 0 Å². The Morgan fingerprint density at radius 3 is 2.70 bits per heavy atom. The van der Waals surface area contributed by atoms with Crippen molar-refractivity contribution in [2.24, 2.45) is 0 Å². The molecule has 7 heteroatoms. The van der Waals surface area contributed by atoms with Crippen molar-refractivity contribution in [1.82, 2.24) is 25.1 Å². The lowest BCUT2D eigenvalue weighted by Crippen LogP contribution is -2.22. The summed E-state index contributed by atoms with van der Waals surface area (Å²) in [6.45, 7) is 4.58. The molecule has 1 aromatic carbocycles. The third kappa shape index (κ3) is 3.45. The summed E-state index contributed by atoms with van der Waals surface area (Å²) in [5.41, 5.74) is 3.49. The van der Waals surface area contributed by atoms with Crippen LogP contribution in [0.5, 0.6) is 0 Å². The highest BCUT2D eigenvalue weighted by Crippen LogP contribution is 2.20. The van der Waals surface area contributed by atoms with Gasteiger partial charge in [0.05, 0.1) is 22.8 Å². The van der Waals surface area contributed by atoms with Crippen LogP contribution in [0.1, 0.15) is 40.7 Å². The molecule has 0 saturated heterocycles. The van der Waals surface area contributed by atoms with Crippen LogP contribution < -0.4 is 5.32 Å². The summed E-state index contributed by atoms with van der Waals surface area (Å²) in [6.07, 6.45) is 1.70. The lowest BCUT2D eigenvalue weighted by Gasteiger charge is -2.07. The molecular weight excluding hydrogens is 310 g/mol. The second kappa shape index (κ2) is 6.70. The second-order valence-electron chi connectivity index (χ2n) is 5.47. The smallest absolute Gasteiger partial charge is 0.251 e. The number of H-pyrrole nitrogens is 1. The van der Waals surface area contributed by atoms with Gasteiger partial charge in [0.1, 0.15) is 0 Å². The number of carbonyl (C=O) groups is 1. The number of benzene rings is 1. The van der Waals surface area contributed by atoms with Crippen LogP contribution in [0.3, 0.4) is 0 Å². The second-order valence-corrected chi connectivity index (χ2v) is 6.31. The van der Waals surface area contributed by atoms with E-state index in [1.54, 1.807) is 18.3 Å². The number of amides is 1. The van der Waals surface area contributed by atoms with Gasteiger partial charge >= 0.3 is 0 Å². The number of nitrogens with one attached hydrogen (secondary N) is 2. The van der Waals surface area contributed by atoms with Gasteiger partial charge in [0.2, 0.25) is 0 Å². The largest absolute Gasteiger partial charge is 0.347 e. The van der Waals surface area contributed by atoms with Crippen molar-refractivity contribution in [3.05, 3.63) is 52.7 Å². The van der Waals surface area contributed by atoms with Gasteiger partial charge in [-0.2, -0.15) is 5.10 Å². The molecule has 1 amide bonds. The van der Waals surface area contributed by atoms with E-state index in [2.05, 4.69) is 38.9 Å². The van der Waals surface area contributed by atoms with Gasteiger partial charge in [-0.15, -0.1) is 5.10 Å². The fraction of sp³-hybridized carbons (Fsp3) is 0.250. The van der Waals surface area contributed by atoms with Gasteiger partial charge in [0.25, 0.3) is 5.91 Å². The fourth-order valence-corrected chi connectivity index (χ4v) is 2.99. The lowest BCUT2D eigenvalue weighted by molar-refractivity contribution is 0.0951. The predicted molar refractivity (Wildman–Crippen MR) is 89.2 cm³/mol. The summed E-state index contributed by atoms with van der Waals surface area (Å²) in [5, 5.41) is 13.9. The Bertz CT molecular complexity index is 777. The molecule has 2 N–H and O–H groups in total. The van der Waals surface area contributed by atoms with Crippen LogP contribution in [-0.2, 0) is 6.54 Å². The topological polar surface area (TPSA) is 83.6 Å². The quantitative estimate of drug-likeness (QED) is 0.754. The van der Waals surface area contributed by atoms with E-state index in [0.717, 1.165) is 21.8 Å². The van der Waals surface area contributed by atoms with E-state index in [1.807, 2.05) is 18.2 Å². The third-order valence-electron chi connectivity index (χ3n) is 3.50. The normalized spacial score (nSPS) is 10.9. The first-order chi connectivity index (χ1) is 11.1. The molecule has 23 heavy (non-hydrogen) atoms. The molecule has 0 saturated carbocycles. The molecule has 0 bridgehead atoms. The van der Waals surface area contributed by atoms with E-state index in [1.165, 1.54) is 11.5 Å². The number of rotatable bonds is 5. The summed E-state index contributed by atoms with van der Waals surface area (Å²) in [7, 11) is 0. The summed E-state index contributed by atoms with van der Waals surface area (Å²) in [5.74, 6) is 0.193. The van der Waals surface area contributed by atoms with Crippen LogP contribution in [0.2, 0.25) is 0 Å². The zero-order valence-corrected chi connectivity index (χ0v) is 13.7. The number of aromatic amines is 1. The van der Waals surface area contributed by atoms with Crippen LogP contribution in [0.4, 0.5) is 0 Å². The van der Waals surface area contributed by atoms with E-state index < -0.39 is 0 Å². The molecule has 0 aliphatic heterocycles. The minimum Gasteiger partial charge on any atom is -0.347 e. The highest BCUT2D eigenvalue weighted by molar-refractivity contribution is 7.05. The van der Waals surface area contributed by atoms with Crippen molar-refractivity contribution in [3.8, 4) is 11.3 Å². The Hall–Kier alpha value is -2.54. The summed E-state index contributed by atoms with van der Waals surface area (Å²) < 4.78 is 3.97. The van der Waals surface area contributed by atoms with Crippen molar-refractivity contribution >= 4 is 17.4 Å². The van der Waals surface area contributed by atoms with E-state index in [-0.39, 0.29) is 5.91 Å². The molecule has 0 unspecified atom stereocenters. The van der Waals surface area contributed by atoms with Gasteiger partial charge in [0, 0.05) is 11.8 Å². The lowest BCUT2D eigenvalue weighted by atomic mass is 10.1. The van der Waals surface area contributed by atoms with Gasteiger partial charge in [0.15, 0.2) is 0 Å². The molecule has 118 valence electrons. The maximum Gasteiger partial charge on any atom is 0.251 e. The standard InChI is InChI=1S/C16H17N5OS/c1-10(2)15-14(23-21-20-15)9-17-16(22)12-5-3-11(4-6-12)13-7-8-18-19-13/h3-8,10H,9H2,1-2H3,(H,17,22)(H,18,19). The van der Waals surface area contributed by atoms with Crippen LogP contribution in [-0.4, -0.2) is 25.7 Å². The summed E-state index contributed by atoms with van der Waals surface area (Å²) in [6, 6.07) is 9.30. The molecule has 6 nitrogen and oxygen atoms in total. The maximum atomic E-state index is 12.3. The molecule has 3 rings (SSSR count). The summed E-state index contributed by atoms with van der Waals surface area (Å²) >= 11 is 1.33. The number of hydrogen-bond acceptors (Lipinski definition) is 5. The zero-order chi connectivity index (χ0) is 16.2. The first-order valence-electron chi connectivity index (χ1n) is 7.34. The molecule has 0 aliphatic rings. The van der Waals surface area contributed by atoms with Crippen LogP contribution in [0.25, 0.3) is 11.3 Å². The molecule has 2 aromatic heterocycles. The van der Waals surface area contributed by atoms with Gasteiger partial charge in [-0.05, 0) is 41.2 Å². The zero-order valence-electron chi connectivity index (χ0n) is 12.9. The molecular formula is C16H17N5OS. The summed E-state index contributed by atoms with van der Waals surface area (Å²) in [4.78, 5) is 13.3. The highest BCUT2D eigenvalue weighted by atomic mass is 32.1.